The number of nitrogens with zero attached hydrogens (tertiary/aromatic N) is 2. The molecule has 0 bridgehead atoms. The molecule has 0 unspecified atom stereocenters. The van der Waals surface area contributed by atoms with Gasteiger partial charge in [-0.3, -0.25) is 10.1 Å². The molecule has 0 aliphatic heterocycles. The number of hydrogen-bond acceptors (Lipinski definition) is 6. The molecule has 1 amide bonds. The van der Waals surface area contributed by atoms with E-state index < -0.39 is 0 Å². The maximum Gasteiger partial charge on any atom is 0.257 e. The molecule has 1 N–H and O–H groups in total. The predicted molar refractivity (Wildman–Crippen MR) is 91.1 cm³/mol. The van der Waals surface area contributed by atoms with Crippen molar-refractivity contribution < 1.29 is 14.3 Å². The van der Waals surface area contributed by atoms with Crippen molar-refractivity contribution in [3.05, 3.63) is 27.7 Å². The minimum absolute atomic E-state index is 0.262. The number of amides is 1. The number of anilines is 1. The maximum absolute atomic E-state index is 12.4. The highest BCUT2D eigenvalue weighted by molar-refractivity contribution is 7.15. The molecular formula is C15H18ClN3O3S. The van der Waals surface area contributed by atoms with Gasteiger partial charge < -0.3 is 9.47 Å². The number of nitrogens with one attached hydrogen (secondary N) is 1. The molecule has 23 heavy (non-hydrogen) atoms. The normalized spacial score (nSPS) is 10.7. The molecule has 0 atom stereocenters. The van der Waals surface area contributed by atoms with Crippen LogP contribution in [0, 0.1) is 0 Å². The molecule has 8 heteroatoms. The highest BCUT2D eigenvalue weighted by Crippen LogP contribution is 2.36. The van der Waals surface area contributed by atoms with E-state index >= 15 is 0 Å². The molecule has 0 saturated heterocycles. The van der Waals surface area contributed by atoms with Crippen LogP contribution in [0.1, 0.15) is 42.1 Å². The number of aromatic nitrogens is 2. The topological polar surface area (TPSA) is 73.3 Å². The molecular weight excluding hydrogens is 338 g/mol. The number of halogens is 1. The Hall–Kier alpha value is -1.86. The Labute approximate surface area is 143 Å². The van der Waals surface area contributed by atoms with Crippen molar-refractivity contribution in [1.29, 1.82) is 0 Å². The zero-order valence-corrected chi connectivity index (χ0v) is 14.9. The predicted octanol–water partition coefficient (Wildman–Crippen LogP) is 3.97. The van der Waals surface area contributed by atoms with Crippen molar-refractivity contribution in [2.75, 3.05) is 19.0 Å². The van der Waals surface area contributed by atoms with Crippen LogP contribution in [0.5, 0.6) is 11.5 Å². The minimum atomic E-state index is -0.334. The standard InChI is InChI=1S/C15H18ClN3O3S/c1-5-22-12-10(16)6-9(7-11(12)21-4)13(20)17-15-19-18-14(23-15)8(2)3/h6-8H,5H2,1-4H3,(H,17,19,20). The Balaban J connectivity index is 2.23. The largest absolute Gasteiger partial charge is 0.493 e. The Morgan fingerprint density at radius 3 is 2.70 bits per heavy atom. The van der Waals surface area contributed by atoms with E-state index in [1.807, 2.05) is 20.8 Å². The number of hydrogen-bond donors (Lipinski definition) is 1. The molecule has 2 aromatic rings. The lowest BCUT2D eigenvalue weighted by Crippen LogP contribution is -2.12. The van der Waals surface area contributed by atoms with Gasteiger partial charge in [-0.15, -0.1) is 10.2 Å². The number of carbonyl (C=O) groups is 1. The van der Waals surface area contributed by atoms with E-state index in [1.54, 1.807) is 6.07 Å². The van der Waals surface area contributed by atoms with E-state index in [-0.39, 0.29) is 11.8 Å². The second kappa shape index (κ2) is 7.61. The zero-order chi connectivity index (χ0) is 17.0. The first-order valence-electron chi connectivity index (χ1n) is 7.11. The summed E-state index contributed by atoms with van der Waals surface area (Å²) in [5.74, 6) is 0.758. The van der Waals surface area contributed by atoms with Crippen LogP contribution in [0.25, 0.3) is 0 Å². The van der Waals surface area contributed by atoms with Crippen LogP contribution in [0.4, 0.5) is 5.13 Å². The van der Waals surface area contributed by atoms with Crippen molar-refractivity contribution >= 4 is 34.0 Å². The Bertz CT molecular complexity index is 703. The highest BCUT2D eigenvalue weighted by atomic mass is 35.5. The number of ether oxygens (including phenoxy) is 2. The second-order valence-corrected chi connectivity index (χ2v) is 6.39. The van der Waals surface area contributed by atoms with Crippen molar-refractivity contribution in [2.45, 2.75) is 26.7 Å². The number of carbonyl (C=O) groups excluding carboxylic acids is 1. The summed E-state index contributed by atoms with van der Waals surface area (Å²) in [6.45, 7) is 6.33. The molecule has 0 radical (unpaired) electrons. The van der Waals surface area contributed by atoms with Crippen LogP contribution in [0.15, 0.2) is 12.1 Å². The van der Waals surface area contributed by atoms with Crippen molar-refractivity contribution in [1.82, 2.24) is 10.2 Å². The van der Waals surface area contributed by atoms with E-state index in [0.717, 1.165) is 5.01 Å². The average Bonchev–Trinajstić information content (AvgIpc) is 2.97. The lowest BCUT2D eigenvalue weighted by Gasteiger charge is -2.12. The minimum Gasteiger partial charge on any atom is -0.493 e. The van der Waals surface area contributed by atoms with Crippen molar-refractivity contribution in [3.8, 4) is 11.5 Å². The molecule has 1 aromatic heterocycles. The van der Waals surface area contributed by atoms with Crippen LogP contribution in [-0.4, -0.2) is 29.8 Å². The van der Waals surface area contributed by atoms with Gasteiger partial charge in [-0.05, 0) is 19.1 Å². The van der Waals surface area contributed by atoms with Crippen LogP contribution in [0.2, 0.25) is 5.02 Å². The quantitative estimate of drug-likeness (QED) is 0.848. The Kier molecular flexibility index (Phi) is 5.79. The fourth-order valence-corrected chi connectivity index (χ4v) is 2.83. The smallest absolute Gasteiger partial charge is 0.257 e. The van der Waals surface area contributed by atoms with E-state index in [4.69, 9.17) is 21.1 Å². The van der Waals surface area contributed by atoms with Gasteiger partial charge in [0.05, 0.1) is 18.7 Å². The third-order valence-electron chi connectivity index (χ3n) is 2.94. The van der Waals surface area contributed by atoms with Gasteiger partial charge in [0.1, 0.15) is 5.01 Å². The first kappa shape index (κ1) is 17.5. The Morgan fingerprint density at radius 1 is 1.39 bits per heavy atom. The van der Waals surface area contributed by atoms with E-state index in [1.165, 1.54) is 24.5 Å². The Morgan fingerprint density at radius 2 is 2.13 bits per heavy atom. The van der Waals surface area contributed by atoms with Crippen molar-refractivity contribution in [2.24, 2.45) is 0 Å². The summed E-state index contributed by atoms with van der Waals surface area (Å²) in [6, 6.07) is 3.12. The monoisotopic (exact) mass is 355 g/mol. The van der Waals surface area contributed by atoms with Crippen LogP contribution < -0.4 is 14.8 Å². The molecule has 0 aliphatic carbocycles. The molecule has 2 rings (SSSR count). The van der Waals surface area contributed by atoms with Gasteiger partial charge in [0, 0.05) is 11.5 Å². The van der Waals surface area contributed by atoms with E-state index in [2.05, 4.69) is 15.5 Å². The first-order valence-corrected chi connectivity index (χ1v) is 8.30. The van der Waals surface area contributed by atoms with Gasteiger partial charge in [-0.2, -0.15) is 0 Å². The van der Waals surface area contributed by atoms with Gasteiger partial charge >= 0.3 is 0 Å². The first-order chi connectivity index (χ1) is 11.0. The lowest BCUT2D eigenvalue weighted by molar-refractivity contribution is 0.102. The number of rotatable bonds is 6. The van der Waals surface area contributed by atoms with Crippen molar-refractivity contribution in [3.63, 3.8) is 0 Å². The molecule has 0 fully saturated rings. The zero-order valence-electron chi connectivity index (χ0n) is 13.3. The third-order valence-corrected chi connectivity index (χ3v) is 4.36. The number of methoxy groups -OCH3 is 1. The van der Waals surface area contributed by atoms with E-state index in [9.17, 15) is 4.79 Å². The highest BCUT2D eigenvalue weighted by Gasteiger charge is 2.17. The van der Waals surface area contributed by atoms with Crippen LogP contribution >= 0.6 is 22.9 Å². The summed E-state index contributed by atoms with van der Waals surface area (Å²) in [7, 11) is 1.50. The summed E-state index contributed by atoms with van der Waals surface area (Å²) >= 11 is 7.52. The summed E-state index contributed by atoms with van der Waals surface area (Å²) in [4.78, 5) is 12.4. The summed E-state index contributed by atoms with van der Waals surface area (Å²) in [5.41, 5.74) is 0.358. The van der Waals surface area contributed by atoms with E-state index in [0.29, 0.717) is 33.8 Å². The fourth-order valence-electron chi connectivity index (χ4n) is 1.82. The van der Waals surface area contributed by atoms with Gasteiger partial charge in [0.2, 0.25) is 5.13 Å². The lowest BCUT2D eigenvalue weighted by atomic mass is 10.2. The number of benzene rings is 1. The summed E-state index contributed by atoms with van der Waals surface area (Å²) < 4.78 is 10.7. The van der Waals surface area contributed by atoms with Gasteiger partial charge in [-0.1, -0.05) is 36.8 Å². The summed E-state index contributed by atoms with van der Waals surface area (Å²) in [6.07, 6.45) is 0. The molecule has 0 spiro atoms. The molecule has 124 valence electrons. The molecule has 0 aliphatic rings. The fraction of sp³-hybridized carbons (Fsp3) is 0.400. The van der Waals surface area contributed by atoms with Gasteiger partial charge in [0.15, 0.2) is 11.5 Å². The van der Waals surface area contributed by atoms with Crippen LogP contribution in [-0.2, 0) is 0 Å². The van der Waals surface area contributed by atoms with Gasteiger partial charge in [-0.25, -0.2) is 0 Å². The average molecular weight is 356 g/mol. The maximum atomic E-state index is 12.4. The van der Waals surface area contributed by atoms with Gasteiger partial charge in [0.25, 0.3) is 5.91 Å². The third kappa shape index (κ3) is 4.11. The van der Waals surface area contributed by atoms with Crippen LogP contribution in [0.3, 0.4) is 0 Å². The molecule has 0 saturated carbocycles. The molecule has 1 heterocycles. The summed E-state index contributed by atoms with van der Waals surface area (Å²) in [5, 5.41) is 12.3. The SMILES string of the molecule is CCOc1c(Cl)cc(C(=O)Nc2nnc(C(C)C)s2)cc1OC. The molecule has 1 aromatic carbocycles. The second-order valence-electron chi connectivity index (χ2n) is 4.98. The molecule has 6 nitrogen and oxygen atoms in total.